The fourth-order valence-corrected chi connectivity index (χ4v) is 1.74. The van der Waals surface area contributed by atoms with E-state index < -0.39 is 11.9 Å². The van der Waals surface area contributed by atoms with Gasteiger partial charge in [-0.2, -0.15) is 0 Å². The van der Waals surface area contributed by atoms with Gasteiger partial charge in [0.05, 0.1) is 12.0 Å². The number of carboxylic acid groups (broad SMARTS) is 1. The summed E-state index contributed by atoms with van der Waals surface area (Å²) in [6.07, 6.45) is 2.20. The zero-order chi connectivity index (χ0) is 8.43. The van der Waals surface area contributed by atoms with Crippen LogP contribution < -0.4 is 0 Å². The maximum Gasteiger partial charge on any atom is 0.306 e. The van der Waals surface area contributed by atoms with Crippen LogP contribution in [0.3, 0.4) is 0 Å². The van der Waals surface area contributed by atoms with Gasteiger partial charge in [-0.1, -0.05) is 13.3 Å². The minimum absolute atomic E-state index is 0.0208. The first-order chi connectivity index (χ1) is 5.13. The summed E-state index contributed by atoms with van der Waals surface area (Å²) in [7, 11) is 0. The van der Waals surface area contributed by atoms with Gasteiger partial charge < -0.3 is 10.2 Å². The first kappa shape index (κ1) is 8.53. The SMILES string of the molecule is CC(C(=O)O)[C@@H]1CCC[C@H]1O. The molecule has 0 spiro atoms. The second-order valence-corrected chi connectivity index (χ2v) is 3.29. The molecule has 2 N–H and O–H groups in total. The highest BCUT2D eigenvalue weighted by Gasteiger charge is 2.33. The van der Waals surface area contributed by atoms with Crippen LogP contribution >= 0.6 is 0 Å². The van der Waals surface area contributed by atoms with Gasteiger partial charge >= 0.3 is 5.97 Å². The van der Waals surface area contributed by atoms with E-state index in [4.69, 9.17) is 5.11 Å². The van der Waals surface area contributed by atoms with Gasteiger partial charge in [0.25, 0.3) is 0 Å². The topological polar surface area (TPSA) is 57.5 Å². The molecule has 1 unspecified atom stereocenters. The first-order valence-corrected chi connectivity index (χ1v) is 4.04. The van der Waals surface area contributed by atoms with Crippen LogP contribution in [-0.2, 0) is 4.79 Å². The molecule has 0 radical (unpaired) electrons. The van der Waals surface area contributed by atoms with Crippen molar-refractivity contribution in [2.45, 2.75) is 32.3 Å². The molecule has 1 fully saturated rings. The van der Waals surface area contributed by atoms with Crippen LogP contribution in [0.1, 0.15) is 26.2 Å². The summed E-state index contributed by atoms with van der Waals surface area (Å²) in [5, 5.41) is 18.0. The van der Waals surface area contributed by atoms with E-state index in [1.54, 1.807) is 6.92 Å². The number of carbonyl (C=O) groups is 1. The molecule has 0 heterocycles. The van der Waals surface area contributed by atoms with E-state index in [2.05, 4.69) is 0 Å². The molecule has 0 bridgehead atoms. The summed E-state index contributed by atoms with van der Waals surface area (Å²) in [5.41, 5.74) is 0. The van der Waals surface area contributed by atoms with E-state index >= 15 is 0 Å². The van der Waals surface area contributed by atoms with Crippen molar-refractivity contribution in [1.82, 2.24) is 0 Å². The van der Waals surface area contributed by atoms with E-state index in [1.807, 2.05) is 0 Å². The monoisotopic (exact) mass is 158 g/mol. The number of aliphatic carboxylic acids is 1. The summed E-state index contributed by atoms with van der Waals surface area (Å²) in [6, 6.07) is 0. The van der Waals surface area contributed by atoms with E-state index in [0.717, 1.165) is 19.3 Å². The Bertz CT molecular complexity index is 155. The van der Waals surface area contributed by atoms with Gasteiger partial charge in [-0.3, -0.25) is 4.79 Å². The molecule has 1 rings (SSSR count). The Kier molecular flexibility index (Phi) is 2.49. The van der Waals surface area contributed by atoms with E-state index in [0.29, 0.717) is 0 Å². The summed E-state index contributed by atoms with van der Waals surface area (Å²) in [4.78, 5) is 10.5. The van der Waals surface area contributed by atoms with Gasteiger partial charge in [-0.25, -0.2) is 0 Å². The fraction of sp³-hybridized carbons (Fsp3) is 0.875. The largest absolute Gasteiger partial charge is 0.481 e. The Morgan fingerprint density at radius 2 is 2.18 bits per heavy atom. The third kappa shape index (κ3) is 1.71. The second kappa shape index (κ2) is 3.22. The maximum absolute atomic E-state index is 10.5. The standard InChI is InChI=1S/C8H14O3/c1-5(8(10)11)6-3-2-4-7(6)9/h5-7,9H,2-4H2,1H3,(H,10,11)/t5?,6-,7+/m0/s1. The lowest BCUT2D eigenvalue weighted by Gasteiger charge is -2.17. The van der Waals surface area contributed by atoms with Crippen LogP contribution in [0.4, 0.5) is 0 Å². The van der Waals surface area contributed by atoms with E-state index in [-0.39, 0.29) is 12.0 Å². The average molecular weight is 158 g/mol. The van der Waals surface area contributed by atoms with Gasteiger partial charge in [0.2, 0.25) is 0 Å². The Morgan fingerprint density at radius 1 is 1.55 bits per heavy atom. The van der Waals surface area contributed by atoms with Gasteiger partial charge in [-0.15, -0.1) is 0 Å². The van der Waals surface area contributed by atoms with E-state index in [1.165, 1.54) is 0 Å². The van der Waals surface area contributed by atoms with Crippen molar-refractivity contribution in [2.24, 2.45) is 11.8 Å². The van der Waals surface area contributed by atoms with Crippen LogP contribution in [0.25, 0.3) is 0 Å². The number of hydrogen-bond acceptors (Lipinski definition) is 2. The average Bonchev–Trinajstić information content (AvgIpc) is 2.33. The predicted molar refractivity (Wildman–Crippen MR) is 40.1 cm³/mol. The van der Waals surface area contributed by atoms with Crippen molar-refractivity contribution < 1.29 is 15.0 Å². The first-order valence-electron chi connectivity index (χ1n) is 4.04. The number of rotatable bonds is 2. The Balaban J connectivity index is 2.52. The lowest BCUT2D eigenvalue weighted by molar-refractivity contribution is -0.144. The molecule has 1 saturated carbocycles. The Labute approximate surface area is 66.0 Å². The van der Waals surface area contributed by atoms with Crippen molar-refractivity contribution in [1.29, 1.82) is 0 Å². The molecule has 0 aromatic heterocycles. The summed E-state index contributed by atoms with van der Waals surface area (Å²) < 4.78 is 0. The molecule has 0 amide bonds. The molecule has 0 aliphatic heterocycles. The number of carboxylic acids is 1. The van der Waals surface area contributed by atoms with Crippen LogP contribution in [0.15, 0.2) is 0 Å². The quantitative estimate of drug-likeness (QED) is 0.627. The fourth-order valence-electron chi connectivity index (χ4n) is 1.74. The van der Waals surface area contributed by atoms with Crippen LogP contribution in [0.2, 0.25) is 0 Å². The molecule has 0 aromatic carbocycles. The molecule has 64 valence electrons. The van der Waals surface area contributed by atoms with Crippen molar-refractivity contribution in [3.8, 4) is 0 Å². The van der Waals surface area contributed by atoms with Gasteiger partial charge in [0.1, 0.15) is 0 Å². The van der Waals surface area contributed by atoms with Gasteiger partial charge in [0.15, 0.2) is 0 Å². The second-order valence-electron chi connectivity index (χ2n) is 3.29. The molecule has 1 aliphatic rings. The van der Waals surface area contributed by atoms with Crippen LogP contribution in [0, 0.1) is 11.8 Å². The van der Waals surface area contributed by atoms with Crippen LogP contribution in [0.5, 0.6) is 0 Å². The number of aliphatic hydroxyl groups excluding tert-OH is 1. The summed E-state index contributed by atoms with van der Waals surface area (Å²) >= 11 is 0. The zero-order valence-electron chi connectivity index (χ0n) is 6.66. The van der Waals surface area contributed by atoms with Gasteiger partial charge in [0, 0.05) is 0 Å². The third-order valence-electron chi connectivity index (χ3n) is 2.56. The summed E-state index contributed by atoms with van der Waals surface area (Å²) in [6.45, 7) is 1.67. The minimum Gasteiger partial charge on any atom is -0.481 e. The smallest absolute Gasteiger partial charge is 0.306 e. The molecule has 0 aromatic rings. The van der Waals surface area contributed by atoms with Crippen LogP contribution in [-0.4, -0.2) is 22.3 Å². The van der Waals surface area contributed by atoms with Crippen molar-refractivity contribution in [3.05, 3.63) is 0 Å². The maximum atomic E-state index is 10.5. The van der Waals surface area contributed by atoms with E-state index in [9.17, 15) is 9.90 Å². The molecule has 3 heteroatoms. The highest BCUT2D eigenvalue weighted by Crippen LogP contribution is 2.31. The normalized spacial score (nSPS) is 33.6. The predicted octanol–water partition coefficient (Wildman–Crippen LogP) is 0.868. The molecule has 0 saturated heterocycles. The van der Waals surface area contributed by atoms with Crippen molar-refractivity contribution in [2.75, 3.05) is 0 Å². The van der Waals surface area contributed by atoms with Crippen molar-refractivity contribution >= 4 is 5.97 Å². The zero-order valence-corrected chi connectivity index (χ0v) is 6.66. The Hall–Kier alpha value is -0.570. The molecule has 1 aliphatic carbocycles. The minimum atomic E-state index is -0.795. The molecule has 11 heavy (non-hydrogen) atoms. The number of aliphatic hydroxyl groups is 1. The van der Waals surface area contributed by atoms with Crippen molar-refractivity contribution in [3.63, 3.8) is 0 Å². The third-order valence-corrected chi connectivity index (χ3v) is 2.56. The molecule has 3 nitrogen and oxygen atoms in total. The summed E-state index contributed by atoms with van der Waals surface area (Å²) in [5.74, 6) is -1.21. The molecule has 3 atom stereocenters. The molecular formula is C8H14O3. The number of hydrogen-bond donors (Lipinski definition) is 2. The lowest BCUT2D eigenvalue weighted by atomic mass is 9.91. The lowest BCUT2D eigenvalue weighted by Crippen LogP contribution is -2.26. The molecular weight excluding hydrogens is 144 g/mol. The highest BCUT2D eigenvalue weighted by atomic mass is 16.4. The Morgan fingerprint density at radius 3 is 2.55 bits per heavy atom. The van der Waals surface area contributed by atoms with Gasteiger partial charge in [-0.05, 0) is 18.8 Å². The highest BCUT2D eigenvalue weighted by molar-refractivity contribution is 5.70.